The van der Waals surface area contributed by atoms with Gasteiger partial charge in [-0.3, -0.25) is 14.6 Å². The van der Waals surface area contributed by atoms with Gasteiger partial charge in [0.05, 0.1) is 13.1 Å². The lowest BCUT2D eigenvalue weighted by Crippen LogP contribution is -2.50. The largest absolute Gasteiger partial charge is 0.486 e. The molecule has 3 aliphatic heterocycles. The van der Waals surface area contributed by atoms with Crippen molar-refractivity contribution in [2.75, 3.05) is 52.7 Å². The van der Waals surface area contributed by atoms with Crippen molar-refractivity contribution in [3.05, 3.63) is 48.0 Å². The minimum Gasteiger partial charge on any atom is -0.486 e. The molecule has 1 atom stereocenters. The van der Waals surface area contributed by atoms with Gasteiger partial charge in [-0.1, -0.05) is 18.2 Å². The molecule has 5 rings (SSSR count). The highest BCUT2D eigenvalue weighted by molar-refractivity contribution is 5.78. The molecule has 0 aromatic heterocycles. The normalized spacial score (nSPS) is 20.5. The number of carbonyl (C=O) groups is 1. The molecule has 2 aromatic rings. The molecule has 1 unspecified atom stereocenters. The predicted octanol–water partition coefficient (Wildman–Crippen LogP) is 1.49. The fourth-order valence-electron chi connectivity index (χ4n) is 4.05. The highest BCUT2D eigenvalue weighted by Gasteiger charge is 2.23. The SMILES string of the molecule is O=C(CN1CCN(Cc2ccc3c(c2)OCO3)CC1)NCC1COc2ccccc2O1. The molecule has 0 spiro atoms. The molecule has 1 fully saturated rings. The van der Waals surface area contributed by atoms with Crippen molar-refractivity contribution in [2.45, 2.75) is 12.6 Å². The highest BCUT2D eigenvalue weighted by Crippen LogP contribution is 2.33. The number of hydrogen-bond acceptors (Lipinski definition) is 7. The van der Waals surface area contributed by atoms with Gasteiger partial charge < -0.3 is 24.3 Å². The molecule has 0 saturated carbocycles. The van der Waals surface area contributed by atoms with Crippen LogP contribution in [0.15, 0.2) is 42.5 Å². The van der Waals surface area contributed by atoms with Gasteiger partial charge in [0.2, 0.25) is 12.7 Å². The third kappa shape index (κ3) is 4.86. The molecular formula is C23H27N3O5. The van der Waals surface area contributed by atoms with Gasteiger partial charge in [-0.15, -0.1) is 0 Å². The molecule has 8 heteroatoms. The summed E-state index contributed by atoms with van der Waals surface area (Å²) in [6.07, 6.45) is -0.169. The summed E-state index contributed by atoms with van der Waals surface area (Å²) in [5, 5.41) is 2.98. The lowest BCUT2D eigenvalue weighted by Gasteiger charge is -2.34. The number of hydrogen-bond donors (Lipinski definition) is 1. The van der Waals surface area contributed by atoms with Crippen molar-refractivity contribution >= 4 is 5.91 Å². The molecule has 1 amide bonds. The number of para-hydroxylation sites is 2. The second-order valence-electron chi connectivity index (χ2n) is 8.04. The molecule has 0 radical (unpaired) electrons. The third-order valence-electron chi connectivity index (χ3n) is 5.77. The summed E-state index contributed by atoms with van der Waals surface area (Å²) in [7, 11) is 0. The van der Waals surface area contributed by atoms with Crippen LogP contribution in [0.3, 0.4) is 0 Å². The number of ether oxygens (including phenoxy) is 4. The molecule has 8 nitrogen and oxygen atoms in total. The van der Waals surface area contributed by atoms with Crippen LogP contribution in [0.4, 0.5) is 0 Å². The first-order chi connectivity index (χ1) is 15.2. The van der Waals surface area contributed by atoms with Crippen molar-refractivity contribution in [2.24, 2.45) is 0 Å². The van der Waals surface area contributed by atoms with Crippen LogP contribution in [0.2, 0.25) is 0 Å². The van der Waals surface area contributed by atoms with Crippen molar-refractivity contribution < 1.29 is 23.7 Å². The summed E-state index contributed by atoms with van der Waals surface area (Å²) in [5.74, 6) is 3.14. The zero-order valence-corrected chi connectivity index (χ0v) is 17.4. The van der Waals surface area contributed by atoms with E-state index in [-0.39, 0.29) is 12.0 Å². The zero-order chi connectivity index (χ0) is 21.0. The van der Waals surface area contributed by atoms with Crippen LogP contribution >= 0.6 is 0 Å². The fourth-order valence-corrected chi connectivity index (χ4v) is 4.05. The van der Waals surface area contributed by atoms with Gasteiger partial charge in [0, 0.05) is 32.7 Å². The summed E-state index contributed by atoms with van der Waals surface area (Å²) >= 11 is 0. The molecule has 3 aliphatic rings. The minimum absolute atomic E-state index is 0.0201. The van der Waals surface area contributed by atoms with Crippen molar-refractivity contribution in [3.63, 3.8) is 0 Å². The Morgan fingerprint density at radius 2 is 1.65 bits per heavy atom. The zero-order valence-electron chi connectivity index (χ0n) is 17.4. The van der Waals surface area contributed by atoms with E-state index in [4.69, 9.17) is 18.9 Å². The van der Waals surface area contributed by atoms with Crippen molar-refractivity contribution in [3.8, 4) is 23.0 Å². The lowest BCUT2D eigenvalue weighted by atomic mass is 10.1. The molecule has 1 saturated heterocycles. The van der Waals surface area contributed by atoms with E-state index >= 15 is 0 Å². The maximum Gasteiger partial charge on any atom is 0.234 e. The smallest absolute Gasteiger partial charge is 0.234 e. The van der Waals surface area contributed by atoms with Crippen LogP contribution in [0, 0.1) is 0 Å². The Balaban J connectivity index is 1.02. The van der Waals surface area contributed by atoms with Crippen molar-refractivity contribution in [1.29, 1.82) is 0 Å². The Bertz CT molecular complexity index is 929. The third-order valence-corrected chi connectivity index (χ3v) is 5.77. The lowest BCUT2D eigenvalue weighted by molar-refractivity contribution is -0.123. The Labute approximate surface area is 181 Å². The highest BCUT2D eigenvalue weighted by atomic mass is 16.7. The van der Waals surface area contributed by atoms with Gasteiger partial charge in [0.1, 0.15) is 12.7 Å². The first kappa shape index (κ1) is 20.0. The summed E-state index contributed by atoms with van der Waals surface area (Å²) < 4.78 is 22.4. The maximum atomic E-state index is 12.4. The molecule has 0 aliphatic carbocycles. The molecule has 164 valence electrons. The first-order valence-electron chi connectivity index (χ1n) is 10.7. The van der Waals surface area contributed by atoms with Gasteiger partial charge in [-0.25, -0.2) is 0 Å². The van der Waals surface area contributed by atoms with E-state index in [1.165, 1.54) is 5.56 Å². The van der Waals surface area contributed by atoms with Crippen LogP contribution in [-0.2, 0) is 11.3 Å². The second-order valence-corrected chi connectivity index (χ2v) is 8.04. The van der Waals surface area contributed by atoms with Gasteiger partial charge in [-0.05, 0) is 29.8 Å². The minimum atomic E-state index is -0.169. The van der Waals surface area contributed by atoms with Crippen LogP contribution in [-0.4, -0.2) is 74.5 Å². The number of nitrogens with one attached hydrogen (secondary N) is 1. The Kier molecular flexibility index (Phi) is 5.82. The van der Waals surface area contributed by atoms with Crippen LogP contribution in [0.1, 0.15) is 5.56 Å². The number of nitrogens with zero attached hydrogens (tertiary/aromatic N) is 2. The number of carbonyl (C=O) groups excluding carboxylic acids is 1. The van der Waals surface area contributed by atoms with E-state index in [9.17, 15) is 4.79 Å². The Hall–Kier alpha value is -2.97. The number of fused-ring (bicyclic) bond motifs is 2. The van der Waals surface area contributed by atoms with E-state index in [1.54, 1.807) is 0 Å². The van der Waals surface area contributed by atoms with Gasteiger partial charge >= 0.3 is 0 Å². The van der Waals surface area contributed by atoms with Gasteiger partial charge in [0.25, 0.3) is 0 Å². The Morgan fingerprint density at radius 1 is 0.903 bits per heavy atom. The average Bonchev–Trinajstić information content (AvgIpc) is 3.27. The summed E-state index contributed by atoms with van der Waals surface area (Å²) in [6.45, 7) is 6.05. The molecule has 1 N–H and O–H groups in total. The number of piperazine rings is 1. The summed E-state index contributed by atoms with van der Waals surface area (Å²) in [5.41, 5.74) is 1.21. The van der Waals surface area contributed by atoms with Crippen LogP contribution < -0.4 is 24.3 Å². The van der Waals surface area contributed by atoms with Crippen LogP contribution in [0.5, 0.6) is 23.0 Å². The van der Waals surface area contributed by atoms with E-state index in [0.717, 1.165) is 55.7 Å². The summed E-state index contributed by atoms with van der Waals surface area (Å²) in [6, 6.07) is 13.7. The van der Waals surface area contributed by atoms with Gasteiger partial charge in [0.15, 0.2) is 23.0 Å². The van der Waals surface area contributed by atoms with E-state index < -0.39 is 0 Å². The number of rotatable bonds is 6. The number of benzene rings is 2. The van der Waals surface area contributed by atoms with E-state index in [2.05, 4.69) is 27.2 Å². The van der Waals surface area contributed by atoms with Crippen LogP contribution in [0.25, 0.3) is 0 Å². The predicted molar refractivity (Wildman–Crippen MR) is 114 cm³/mol. The number of amides is 1. The molecular weight excluding hydrogens is 398 g/mol. The standard InChI is InChI=1S/C23H27N3O5/c27-23(24-12-18-15-28-19-3-1-2-4-21(19)31-18)14-26-9-7-25(8-10-26)13-17-5-6-20-22(11-17)30-16-29-20/h1-6,11,18H,7-10,12-16H2,(H,24,27). The first-order valence-corrected chi connectivity index (χ1v) is 10.7. The Morgan fingerprint density at radius 3 is 2.52 bits per heavy atom. The molecule has 31 heavy (non-hydrogen) atoms. The summed E-state index contributed by atoms with van der Waals surface area (Å²) in [4.78, 5) is 17.0. The van der Waals surface area contributed by atoms with Gasteiger partial charge in [-0.2, -0.15) is 0 Å². The monoisotopic (exact) mass is 425 g/mol. The van der Waals surface area contributed by atoms with E-state index in [1.807, 2.05) is 30.3 Å². The molecule has 2 aromatic carbocycles. The fraction of sp³-hybridized carbons (Fsp3) is 0.435. The maximum absolute atomic E-state index is 12.4. The second kappa shape index (κ2) is 9.03. The molecule has 0 bridgehead atoms. The molecule has 3 heterocycles. The average molecular weight is 425 g/mol. The quantitative estimate of drug-likeness (QED) is 0.752. The van der Waals surface area contributed by atoms with E-state index in [0.29, 0.717) is 26.5 Å². The van der Waals surface area contributed by atoms with Crippen molar-refractivity contribution in [1.82, 2.24) is 15.1 Å². The topological polar surface area (TPSA) is 72.5 Å².